The third-order valence-corrected chi connectivity index (χ3v) is 2.69. The molecule has 2 heterocycles. The van der Waals surface area contributed by atoms with Gasteiger partial charge in [-0.05, 0) is 18.7 Å². The number of nitrogens with zero attached hydrogens (tertiary/aromatic N) is 1. The zero-order valence-electron chi connectivity index (χ0n) is 8.63. The van der Waals surface area contributed by atoms with Gasteiger partial charge in [0.2, 0.25) is 0 Å². The minimum Gasteiger partial charge on any atom is -0.384 e. The van der Waals surface area contributed by atoms with Crippen LogP contribution < -0.4 is 11.3 Å². The quantitative estimate of drug-likeness (QED) is 0.433. The number of rotatable bonds is 1. The smallest absolute Gasteiger partial charge is 0.259 e. The van der Waals surface area contributed by atoms with Gasteiger partial charge in [0.15, 0.2) is 0 Å². The second-order valence-electron chi connectivity index (χ2n) is 3.92. The molecule has 1 aliphatic rings. The zero-order chi connectivity index (χ0) is 11.0. The number of H-pyrrole nitrogens is 1. The maximum Gasteiger partial charge on any atom is 0.259 e. The molecule has 0 fully saturated rings. The van der Waals surface area contributed by atoms with E-state index in [0.29, 0.717) is 0 Å². The monoisotopic (exact) mass is 206 g/mol. The van der Waals surface area contributed by atoms with Crippen molar-refractivity contribution in [2.24, 2.45) is 5.73 Å². The second-order valence-corrected chi connectivity index (χ2v) is 3.92. The van der Waals surface area contributed by atoms with Crippen LogP contribution in [0, 0.1) is 5.41 Å². The van der Waals surface area contributed by atoms with Gasteiger partial charge in [-0.2, -0.15) is 0 Å². The molecule has 0 atom stereocenters. The first-order chi connectivity index (χ1) is 7.08. The molecule has 80 valence electrons. The molecule has 0 spiro atoms. The van der Waals surface area contributed by atoms with E-state index in [2.05, 4.69) is 9.88 Å². The molecule has 5 nitrogen and oxygen atoms in total. The number of nitrogens with one attached hydrogen (secondary N) is 2. The van der Waals surface area contributed by atoms with Crippen molar-refractivity contribution in [1.82, 2.24) is 9.88 Å². The van der Waals surface area contributed by atoms with Gasteiger partial charge in [0.05, 0.1) is 5.56 Å². The van der Waals surface area contributed by atoms with Gasteiger partial charge in [0.25, 0.3) is 5.56 Å². The lowest BCUT2D eigenvalue weighted by Crippen LogP contribution is -2.32. The van der Waals surface area contributed by atoms with Crippen molar-refractivity contribution < 1.29 is 0 Å². The summed E-state index contributed by atoms with van der Waals surface area (Å²) >= 11 is 0. The molecule has 1 aromatic rings. The van der Waals surface area contributed by atoms with Crippen LogP contribution in [0.4, 0.5) is 0 Å². The van der Waals surface area contributed by atoms with Crippen LogP contribution in [-0.4, -0.2) is 29.3 Å². The number of hydrogen-bond donors (Lipinski definition) is 3. The van der Waals surface area contributed by atoms with E-state index < -0.39 is 0 Å². The second kappa shape index (κ2) is 3.51. The van der Waals surface area contributed by atoms with Crippen LogP contribution in [0.1, 0.15) is 16.8 Å². The average molecular weight is 206 g/mol. The number of likely N-dealkylation sites (N-methyl/N-ethyl adjacent to an activating group) is 1. The molecular weight excluding hydrogens is 192 g/mol. The predicted molar refractivity (Wildman–Crippen MR) is 58.1 cm³/mol. The highest BCUT2D eigenvalue weighted by Crippen LogP contribution is 2.14. The SMILES string of the molecule is CN1CCc2[nH]c(=O)c(C(=N)N)cc2C1. The molecule has 0 saturated carbocycles. The summed E-state index contributed by atoms with van der Waals surface area (Å²) in [4.78, 5) is 16.5. The highest BCUT2D eigenvalue weighted by Gasteiger charge is 2.16. The van der Waals surface area contributed by atoms with Crippen LogP contribution in [0.2, 0.25) is 0 Å². The number of nitrogen functional groups attached to an aromatic ring is 1. The van der Waals surface area contributed by atoms with E-state index in [9.17, 15) is 4.79 Å². The highest BCUT2D eigenvalue weighted by molar-refractivity contribution is 5.94. The summed E-state index contributed by atoms with van der Waals surface area (Å²) in [6.45, 7) is 1.74. The first kappa shape index (κ1) is 9.92. The van der Waals surface area contributed by atoms with E-state index in [-0.39, 0.29) is 17.0 Å². The summed E-state index contributed by atoms with van der Waals surface area (Å²) in [6.07, 6.45) is 0.846. The molecule has 0 aliphatic carbocycles. The summed E-state index contributed by atoms with van der Waals surface area (Å²) in [6, 6.07) is 1.73. The Bertz CT molecular complexity index is 463. The van der Waals surface area contributed by atoms with E-state index >= 15 is 0 Å². The van der Waals surface area contributed by atoms with Crippen LogP contribution in [0.15, 0.2) is 10.9 Å². The Hall–Kier alpha value is -1.62. The van der Waals surface area contributed by atoms with Gasteiger partial charge in [-0.1, -0.05) is 0 Å². The summed E-state index contributed by atoms with van der Waals surface area (Å²) in [7, 11) is 2.03. The van der Waals surface area contributed by atoms with Crippen molar-refractivity contribution in [3.05, 3.63) is 33.2 Å². The normalized spacial score (nSPS) is 16.1. The number of hydrogen-bond acceptors (Lipinski definition) is 3. The van der Waals surface area contributed by atoms with E-state index in [1.54, 1.807) is 6.07 Å². The maximum atomic E-state index is 11.5. The van der Waals surface area contributed by atoms with E-state index in [1.807, 2.05) is 7.05 Å². The van der Waals surface area contributed by atoms with Crippen molar-refractivity contribution >= 4 is 5.84 Å². The first-order valence-electron chi connectivity index (χ1n) is 4.86. The zero-order valence-corrected chi connectivity index (χ0v) is 8.63. The fraction of sp³-hybridized carbons (Fsp3) is 0.400. The Kier molecular flexibility index (Phi) is 2.32. The largest absolute Gasteiger partial charge is 0.384 e. The molecular formula is C10H14N4O. The summed E-state index contributed by atoms with van der Waals surface area (Å²) in [5.41, 5.74) is 7.38. The Labute approximate surface area is 87.4 Å². The van der Waals surface area contributed by atoms with Crippen molar-refractivity contribution in [2.45, 2.75) is 13.0 Å². The summed E-state index contributed by atoms with van der Waals surface area (Å²) < 4.78 is 0. The van der Waals surface area contributed by atoms with Crippen LogP contribution in [0.25, 0.3) is 0 Å². The van der Waals surface area contributed by atoms with Gasteiger partial charge in [-0.3, -0.25) is 10.2 Å². The van der Waals surface area contributed by atoms with Gasteiger partial charge in [-0.25, -0.2) is 0 Å². The lowest BCUT2D eigenvalue weighted by atomic mass is 10.0. The standard InChI is InChI=1S/C10H14N4O/c1-14-3-2-8-6(5-14)4-7(9(11)12)10(15)13-8/h4H,2-3,5H2,1H3,(H3,11,12)(H,13,15). The lowest BCUT2D eigenvalue weighted by Gasteiger charge is -2.24. The number of aromatic nitrogens is 1. The molecule has 15 heavy (non-hydrogen) atoms. The number of nitrogens with two attached hydrogens (primary N) is 1. The Morgan fingerprint density at radius 3 is 3.07 bits per heavy atom. The molecule has 0 amide bonds. The first-order valence-corrected chi connectivity index (χ1v) is 4.86. The summed E-state index contributed by atoms with van der Waals surface area (Å²) in [5, 5.41) is 7.29. The fourth-order valence-corrected chi connectivity index (χ4v) is 1.85. The molecule has 0 bridgehead atoms. The van der Waals surface area contributed by atoms with Gasteiger partial charge in [0, 0.05) is 25.2 Å². The van der Waals surface area contributed by atoms with Crippen LogP contribution in [0.5, 0.6) is 0 Å². The molecule has 1 aromatic heterocycles. The van der Waals surface area contributed by atoms with Gasteiger partial charge >= 0.3 is 0 Å². The molecule has 2 rings (SSSR count). The molecule has 1 aliphatic heterocycles. The number of amidine groups is 1. The molecule has 4 N–H and O–H groups in total. The van der Waals surface area contributed by atoms with Crippen molar-refractivity contribution in [1.29, 1.82) is 5.41 Å². The van der Waals surface area contributed by atoms with Crippen molar-refractivity contribution in [2.75, 3.05) is 13.6 Å². The van der Waals surface area contributed by atoms with E-state index in [0.717, 1.165) is 30.8 Å². The van der Waals surface area contributed by atoms with E-state index in [4.69, 9.17) is 11.1 Å². The van der Waals surface area contributed by atoms with E-state index in [1.165, 1.54) is 0 Å². The van der Waals surface area contributed by atoms with Crippen molar-refractivity contribution in [3.63, 3.8) is 0 Å². The van der Waals surface area contributed by atoms with Gasteiger partial charge in [0.1, 0.15) is 5.84 Å². The molecule has 0 saturated heterocycles. The van der Waals surface area contributed by atoms with Gasteiger partial charge < -0.3 is 15.6 Å². The van der Waals surface area contributed by atoms with Crippen LogP contribution in [0.3, 0.4) is 0 Å². The topological polar surface area (TPSA) is 86.0 Å². The Balaban J connectivity index is 2.52. The highest BCUT2D eigenvalue weighted by atomic mass is 16.1. The Morgan fingerprint density at radius 1 is 1.67 bits per heavy atom. The van der Waals surface area contributed by atoms with Gasteiger partial charge in [-0.15, -0.1) is 0 Å². The molecule has 0 aromatic carbocycles. The maximum absolute atomic E-state index is 11.5. The summed E-state index contributed by atoms with van der Waals surface area (Å²) in [5.74, 6) is -0.174. The molecule has 5 heteroatoms. The predicted octanol–water partition coefficient (Wildman–Crippen LogP) is -0.353. The fourth-order valence-electron chi connectivity index (χ4n) is 1.85. The van der Waals surface area contributed by atoms with Crippen LogP contribution in [-0.2, 0) is 13.0 Å². The number of aromatic amines is 1. The average Bonchev–Trinajstić information content (AvgIpc) is 2.17. The van der Waals surface area contributed by atoms with Crippen LogP contribution >= 0.6 is 0 Å². The Morgan fingerprint density at radius 2 is 2.40 bits per heavy atom. The third kappa shape index (κ3) is 1.78. The third-order valence-electron chi connectivity index (χ3n) is 2.69. The minimum absolute atomic E-state index is 0.174. The van der Waals surface area contributed by atoms with Crippen molar-refractivity contribution in [3.8, 4) is 0 Å². The minimum atomic E-state index is -0.259. The molecule has 0 radical (unpaired) electrons. The number of pyridine rings is 1. The lowest BCUT2D eigenvalue weighted by molar-refractivity contribution is 0.309. The molecule has 0 unspecified atom stereocenters. The number of fused-ring (bicyclic) bond motifs is 1.